The third-order valence-corrected chi connectivity index (χ3v) is 2.64. The number of anilines is 1. The molecule has 6 nitrogen and oxygen atoms in total. The molecule has 19 heavy (non-hydrogen) atoms. The van der Waals surface area contributed by atoms with E-state index in [0.717, 1.165) is 0 Å². The number of methoxy groups -OCH3 is 1. The summed E-state index contributed by atoms with van der Waals surface area (Å²) in [5.41, 5.74) is 6.49. The molecule has 0 aliphatic carbocycles. The molecule has 104 valence electrons. The van der Waals surface area contributed by atoms with E-state index in [2.05, 4.69) is 5.32 Å². The average molecular weight is 266 g/mol. The third kappa shape index (κ3) is 4.50. The molecule has 0 saturated carbocycles. The number of ether oxygens (including phenoxy) is 1. The summed E-state index contributed by atoms with van der Waals surface area (Å²) < 4.78 is 5.09. The van der Waals surface area contributed by atoms with E-state index in [0.29, 0.717) is 23.4 Å². The van der Waals surface area contributed by atoms with Crippen LogP contribution in [-0.2, 0) is 4.79 Å². The van der Waals surface area contributed by atoms with Gasteiger partial charge in [-0.1, -0.05) is 0 Å². The molecule has 1 unspecified atom stereocenters. The SMILES string of the molecule is COc1cc(N)ccc1C(=O)NC(C)CCC(=O)O. The van der Waals surface area contributed by atoms with Crippen molar-refractivity contribution in [2.75, 3.05) is 12.8 Å². The van der Waals surface area contributed by atoms with Crippen LogP contribution in [-0.4, -0.2) is 30.1 Å². The molecule has 0 saturated heterocycles. The van der Waals surface area contributed by atoms with Crippen molar-refractivity contribution in [3.8, 4) is 5.75 Å². The van der Waals surface area contributed by atoms with E-state index in [1.165, 1.54) is 7.11 Å². The van der Waals surface area contributed by atoms with Gasteiger partial charge in [0.1, 0.15) is 5.75 Å². The first-order chi connectivity index (χ1) is 8.93. The van der Waals surface area contributed by atoms with Crippen molar-refractivity contribution in [2.45, 2.75) is 25.8 Å². The number of rotatable bonds is 6. The smallest absolute Gasteiger partial charge is 0.303 e. The minimum Gasteiger partial charge on any atom is -0.496 e. The molecule has 0 heterocycles. The molecule has 0 aliphatic heterocycles. The van der Waals surface area contributed by atoms with Gasteiger partial charge in [-0.15, -0.1) is 0 Å². The Morgan fingerprint density at radius 1 is 1.47 bits per heavy atom. The first-order valence-electron chi connectivity index (χ1n) is 5.90. The number of benzene rings is 1. The summed E-state index contributed by atoms with van der Waals surface area (Å²) in [6.07, 6.45) is 0.388. The van der Waals surface area contributed by atoms with Crippen molar-refractivity contribution < 1.29 is 19.4 Å². The molecule has 0 fully saturated rings. The summed E-state index contributed by atoms with van der Waals surface area (Å²) in [7, 11) is 1.46. The van der Waals surface area contributed by atoms with Crippen LogP contribution in [0, 0.1) is 0 Å². The number of hydrogen-bond donors (Lipinski definition) is 3. The molecule has 6 heteroatoms. The lowest BCUT2D eigenvalue weighted by molar-refractivity contribution is -0.137. The Labute approximate surface area is 111 Å². The number of nitrogens with one attached hydrogen (secondary N) is 1. The van der Waals surface area contributed by atoms with E-state index in [1.807, 2.05) is 0 Å². The summed E-state index contributed by atoms with van der Waals surface area (Å²) in [6.45, 7) is 1.75. The summed E-state index contributed by atoms with van der Waals surface area (Å²) in [5.74, 6) is -0.802. The molecule has 0 aromatic heterocycles. The van der Waals surface area contributed by atoms with Crippen LogP contribution in [0.15, 0.2) is 18.2 Å². The predicted octanol–water partition coefficient (Wildman–Crippen LogP) is 1.26. The van der Waals surface area contributed by atoms with E-state index >= 15 is 0 Å². The van der Waals surface area contributed by atoms with Crippen LogP contribution in [0.25, 0.3) is 0 Å². The van der Waals surface area contributed by atoms with Gasteiger partial charge in [-0.3, -0.25) is 9.59 Å². The third-order valence-electron chi connectivity index (χ3n) is 2.64. The Hall–Kier alpha value is -2.24. The second-order valence-corrected chi connectivity index (χ2v) is 4.27. The van der Waals surface area contributed by atoms with Crippen molar-refractivity contribution >= 4 is 17.6 Å². The highest BCUT2D eigenvalue weighted by Crippen LogP contribution is 2.21. The average Bonchev–Trinajstić information content (AvgIpc) is 2.35. The van der Waals surface area contributed by atoms with E-state index in [4.69, 9.17) is 15.6 Å². The van der Waals surface area contributed by atoms with Crippen molar-refractivity contribution in [3.63, 3.8) is 0 Å². The normalized spacial score (nSPS) is 11.7. The van der Waals surface area contributed by atoms with Gasteiger partial charge in [-0.25, -0.2) is 0 Å². The molecule has 0 bridgehead atoms. The van der Waals surface area contributed by atoms with Crippen molar-refractivity contribution in [1.29, 1.82) is 0 Å². The predicted molar refractivity (Wildman–Crippen MR) is 71.2 cm³/mol. The van der Waals surface area contributed by atoms with Gasteiger partial charge in [0.05, 0.1) is 12.7 Å². The number of nitrogen functional groups attached to an aromatic ring is 1. The standard InChI is InChI=1S/C13H18N2O4/c1-8(3-6-12(16)17)15-13(18)10-5-4-9(14)7-11(10)19-2/h4-5,7-8H,3,6,14H2,1-2H3,(H,15,18)(H,16,17). The van der Waals surface area contributed by atoms with E-state index in [-0.39, 0.29) is 18.4 Å². The van der Waals surface area contributed by atoms with E-state index < -0.39 is 5.97 Å². The highest BCUT2D eigenvalue weighted by atomic mass is 16.5. The van der Waals surface area contributed by atoms with E-state index in [9.17, 15) is 9.59 Å². The second kappa shape index (κ2) is 6.63. The zero-order valence-electron chi connectivity index (χ0n) is 11.0. The fourth-order valence-corrected chi connectivity index (χ4v) is 1.61. The zero-order chi connectivity index (χ0) is 14.4. The van der Waals surface area contributed by atoms with Gasteiger partial charge in [0.2, 0.25) is 0 Å². The molecular formula is C13H18N2O4. The summed E-state index contributed by atoms with van der Waals surface area (Å²) >= 11 is 0. The summed E-state index contributed by atoms with van der Waals surface area (Å²) in [4.78, 5) is 22.5. The maximum absolute atomic E-state index is 12.0. The van der Waals surface area contributed by atoms with Gasteiger partial charge < -0.3 is 20.9 Å². The van der Waals surface area contributed by atoms with Crippen molar-refractivity contribution in [3.05, 3.63) is 23.8 Å². The van der Waals surface area contributed by atoms with Crippen LogP contribution < -0.4 is 15.8 Å². The van der Waals surface area contributed by atoms with Gasteiger partial charge in [0.15, 0.2) is 0 Å². The Balaban J connectivity index is 2.70. The Morgan fingerprint density at radius 3 is 2.74 bits per heavy atom. The summed E-state index contributed by atoms with van der Waals surface area (Å²) in [5, 5.41) is 11.3. The lowest BCUT2D eigenvalue weighted by atomic mass is 10.1. The molecule has 0 aliphatic rings. The fourth-order valence-electron chi connectivity index (χ4n) is 1.61. The number of nitrogens with two attached hydrogens (primary N) is 1. The first kappa shape index (κ1) is 14.8. The van der Waals surface area contributed by atoms with Gasteiger partial charge in [0.25, 0.3) is 5.91 Å². The van der Waals surface area contributed by atoms with Crippen LogP contribution in [0.5, 0.6) is 5.75 Å². The van der Waals surface area contributed by atoms with Gasteiger partial charge >= 0.3 is 5.97 Å². The lowest BCUT2D eigenvalue weighted by Crippen LogP contribution is -2.33. The van der Waals surface area contributed by atoms with Crippen LogP contribution in [0.4, 0.5) is 5.69 Å². The zero-order valence-corrected chi connectivity index (χ0v) is 11.0. The summed E-state index contributed by atoms with van der Waals surface area (Å²) in [6, 6.07) is 4.52. The second-order valence-electron chi connectivity index (χ2n) is 4.27. The van der Waals surface area contributed by atoms with E-state index in [1.54, 1.807) is 25.1 Å². The van der Waals surface area contributed by atoms with Crippen LogP contribution in [0.1, 0.15) is 30.1 Å². The van der Waals surface area contributed by atoms with Crippen molar-refractivity contribution in [1.82, 2.24) is 5.32 Å². The van der Waals surface area contributed by atoms with Crippen molar-refractivity contribution in [2.24, 2.45) is 0 Å². The van der Waals surface area contributed by atoms with Gasteiger partial charge in [-0.05, 0) is 25.5 Å². The number of carboxylic acids is 1. The maximum Gasteiger partial charge on any atom is 0.303 e. The lowest BCUT2D eigenvalue weighted by Gasteiger charge is -2.14. The first-order valence-corrected chi connectivity index (χ1v) is 5.90. The minimum absolute atomic E-state index is 0.0142. The molecule has 1 amide bonds. The Kier molecular flexibility index (Phi) is 5.17. The monoisotopic (exact) mass is 266 g/mol. The number of amides is 1. The topological polar surface area (TPSA) is 102 Å². The fraction of sp³-hybridized carbons (Fsp3) is 0.385. The maximum atomic E-state index is 12.0. The molecular weight excluding hydrogens is 248 g/mol. The number of hydrogen-bond acceptors (Lipinski definition) is 4. The van der Waals surface area contributed by atoms with Gasteiger partial charge in [-0.2, -0.15) is 0 Å². The highest BCUT2D eigenvalue weighted by molar-refractivity contribution is 5.97. The molecule has 1 aromatic carbocycles. The Bertz CT molecular complexity index is 474. The number of carbonyl (C=O) groups is 2. The minimum atomic E-state index is -0.883. The molecule has 1 aromatic rings. The Morgan fingerprint density at radius 2 is 2.16 bits per heavy atom. The quantitative estimate of drug-likeness (QED) is 0.673. The molecule has 0 spiro atoms. The molecule has 1 rings (SSSR count). The van der Waals surface area contributed by atoms with Crippen LogP contribution in [0.3, 0.4) is 0 Å². The molecule has 4 N–H and O–H groups in total. The van der Waals surface area contributed by atoms with Gasteiger partial charge in [0, 0.05) is 24.2 Å². The number of aliphatic carboxylic acids is 1. The number of carbonyl (C=O) groups excluding carboxylic acids is 1. The largest absolute Gasteiger partial charge is 0.496 e. The molecule has 1 atom stereocenters. The number of carboxylic acid groups (broad SMARTS) is 1. The van der Waals surface area contributed by atoms with Crippen LogP contribution >= 0.6 is 0 Å². The van der Waals surface area contributed by atoms with Crippen LogP contribution in [0.2, 0.25) is 0 Å². The highest BCUT2D eigenvalue weighted by Gasteiger charge is 2.15. The molecule has 0 radical (unpaired) electrons.